The standard InChI is InChI=1S/C16H19N5/c1-4-16(2,3)21-13-7-9-18-15(20-13)12-10-19-14-11(12)6-5-8-17-14/h5-10H,4H2,1-3H3,(H,17,19)(H,18,20,21). The normalized spacial score (nSPS) is 11.8. The van der Waals surface area contributed by atoms with Crippen LogP contribution in [-0.2, 0) is 0 Å². The van der Waals surface area contributed by atoms with Crippen LogP contribution in [0.4, 0.5) is 5.82 Å². The van der Waals surface area contributed by atoms with E-state index in [1.807, 2.05) is 24.4 Å². The molecule has 0 bridgehead atoms. The molecule has 3 aromatic heterocycles. The van der Waals surface area contributed by atoms with Gasteiger partial charge in [0.15, 0.2) is 5.82 Å². The molecule has 0 saturated heterocycles. The number of pyridine rings is 1. The molecule has 5 heteroatoms. The molecule has 0 aromatic carbocycles. The number of aromatic amines is 1. The van der Waals surface area contributed by atoms with Gasteiger partial charge in [0.25, 0.3) is 0 Å². The average molecular weight is 281 g/mol. The largest absolute Gasteiger partial charge is 0.365 e. The van der Waals surface area contributed by atoms with E-state index in [9.17, 15) is 0 Å². The van der Waals surface area contributed by atoms with Gasteiger partial charge in [0.05, 0.1) is 0 Å². The Balaban J connectivity index is 2.00. The van der Waals surface area contributed by atoms with Crippen molar-refractivity contribution in [2.75, 3.05) is 5.32 Å². The lowest BCUT2D eigenvalue weighted by atomic mass is 10.0. The molecule has 3 heterocycles. The van der Waals surface area contributed by atoms with Crippen molar-refractivity contribution >= 4 is 16.9 Å². The van der Waals surface area contributed by atoms with Crippen molar-refractivity contribution in [1.82, 2.24) is 19.9 Å². The van der Waals surface area contributed by atoms with Crippen LogP contribution in [0.3, 0.4) is 0 Å². The molecule has 21 heavy (non-hydrogen) atoms. The summed E-state index contributed by atoms with van der Waals surface area (Å²) in [5.74, 6) is 1.54. The van der Waals surface area contributed by atoms with E-state index in [-0.39, 0.29) is 5.54 Å². The number of anilines is 1. The molecule has 5 nitrogen and oxygen atoms in total. The summed E-state index contributed by atoms with van der Waals surface area (Å²) < 4.78 is 0. The van der Waals surface area contributed by atoms with Gasteiger partial charge in [0.2, 0.25) is 0 Å². The summed E-state index contributed by atoms with van der Waals surface area (Å²) >= 11 is 0. The lowest BCUT2D eigenvalue weighted by Crippen LogP contribution is -2.30. The van der Waals surface area contributed by atoms with E-state index in [2.05, 4.69) is 46.0 Å². The fraction of sp³-hybridized carbons (Fsp3) is 0.312. The van der Waals surface area contributed by atoms with Crippen molar-refractivity contribution in [3.05, 3.63) is 36.8 Å². The minimum atomic E-state index is 0.00733. The van der Waals surface area contributed by atoms with Crippen LogP contribution in [0.2, 0.25) is 0 Å². The zero-order chi connectivity index (χ0) is 14.9. The van der Waals surface area contributed by atoms with Crippen molar-refractivity contribution in [3.8, 4) is 11.4 Å². The Bertz CT molecular complexity index is 760. The minimum Gasteiger partial charge on any atom is -0.365 e. The number of rotatable bonds is 4. The molecule has 0 atom stereocenters. The molecule has 0 fully saturated rings. The van der Waals surface area contributed by atoms with Gasteiger partial charge in [-0.25, -0.2) is 15.0 Å². The van der Waals surface area contributed by atoms with Crippen LogP contribution in [0.15, 0.2) is 36.8 Å². The highest BCUT2D eigenvalue weighted by atomic mass is 15.1. The fourth-order valence-electron chi connectivity index (χ4n) is 2.13. The summed E-state index contributed by atoms with van der Waals surface area (Å²) in [4.78, 5) is 16.5. The molecule has 0 radical (unpaired) electrons. The zero-order valence-corrected chi connectivity index (χ0v) is 12.5. The van der Waals surface area contributed by atoms with E-state index in [0.717, 1.165) is 28.8 Å². The molecule has 0 aliphatic heterocycles. The van der Waals surface area contributed by atoms with E-state index in [1.165, 1.54) is 0 Å². The van der Waals surface area contributed by atoms with E-state index >= 15 is 0 Å². The second-order valence-corrected chi connectivity index (χ2v) is 5.73. The van der Waals surface area contributed by atoms with Gasteiger partial charge < -0.3 is 10.3 Å². The van der Waals surface area contributed by atoms with Gasteiger partial charge in [-0.15, -0.1) is 0 Å². The highest BCUT2D eigenvalue weighted by Gasteiger charge is 2.16. The number of hydrogen-bond donors (Lipinski definition) is 2. The fourth-order valence-corrected chi connectivity index (χ4v) is 2.13. The molecule has 0 unspecified atom stereocenters. The van der Waals surface area contributed by atoms with Crippen LogP contribution in [0.1, 0.15) is 27.2 Å². The molecule has 3 aromatic rings. The first-order chi connectivity index (χ1) is 10.1. The maximum atomic E-state index is 4.63. The summed E-state index contributed by atoms with van der Waals surface area (Å²) in [6.07, 6.45) is 6.47. The van der Waals surface area contributed by atoms with Gasteiger partial charge in [-0.1, -0.05) is 6.92 Å². The zero-order valence-electron chi connectivity index (χ0n) is 12.5. The Hall–Kier alpha value is -2.43. The Labute approximate surface area is 123 Å². The Morgan fingerprint density at radius 3 is 2.86 bits per heavy atom. The summed E-state index contributed by atoms with van der Waals surface area (Å²) in [5, 5.41) is 4.47. The molecule has 2 N–H and O–H groups in total. The topological polar surface area (TPSA) is 66.5 Å². The Morgan fingerprint density at radius 2 is 2.05 bits per heavy atom. The van der Waals surface area contributed by atoms with Crippen molar-refractivity contribution in [3.63, 3.8) is 0 Å². The average Bonchev–Trinajstić information content (AvgIpc) is 2.91. The maximum absolute atomic E-state index is 4.63. The summed E-state index contributed by atoms with van der Waals surface area (Å²) in [6, 6.07) is 5.84. The number of nitrogens with zero attached hydrogens (tertiary/aromatic N) is 3. The second kappa shape index (κ2) is 5.16. The third kappa shape index (κ3) is 2.72. The molecule has 0 saturated carbocycles. The van der Waals surface area contributed by atoms with Gasteiger partial charge in [0, 0.05) is 35.1 Å². The summed E-state index contributed by atoms with van der Waals surface area (Å²) in [5.41, 5.74) is 1.83. The monoisotopic (exact) mass is 281 g/mol. The molecule has 0 aliphatic carbocycles. The Morgan fingerprint density at radius 1 is 1.19 bits per heavy atom. The molecule has 0 spiro atoms. The SMILES string of the molecule is CCC(C)(C)Nc1ccnc(-c2c[nH]c3ncccc23)n1. The molecular formula is C16H19N5. The minimum absolute atomic E-state index is 0.00733. The number of nitrogens with one attached hydrogen (secondary N) is 2. The van der Waals surface area contributed by atoms with E-state index in [1.54, 1.807) is 12.4 Å². The number of aromatic nitrogens is 4. The second-order valence-electron chi connectivity index (χ2n) is 5.73. The van der Waals surface area contributed by atoms with Crippen molar-refractivity contribution in [1.29, 1.82) is 0 Å². The summed E-state index contributed by atoms with van der Waals surface area (Å²) in [6.45, 7) is 6.47. The van der Waals surface area contributed by atoms with Crippen LogP contribution in [0, 0.1) is 0 Å². The number of hydrogen-bond acceptors (Lipinski definition) is 4. The third-order valence-electron chi connectivity index (χ3n) is 3.70. The molecule has 108 valence electrons. The Kier molecular flexibility index (Phi) is 3.33. The lowest BCUT2D eigenvalue weighted by molar-refractivity contribution is 0.545. The van der Waals surface area contributed by atoms with Gasteiger partial charge in [-0.2, -0.15) is 0 Å². The third-order valence-corrected chi connectivity index (χ3v) is 3.70. The van der Waals surface area contributed by atoms with Gasteiger partial charge in [-0.3, -0.25) is 0 Å². The van der Waals surface area contributed by atoms with Gasteiger partial charge in [0.1, 0.15) is 11.5 Å². The predicted octanol–water partition coefficient (Wildman–Crippen LogP) is 3.62. The predicted molar refractivity (Wildman–Crippen MR) is 85.1 cm³/mol. The van der Waals surface area contributed by atoms with Crippen LogP contribution in [0.5, 0.6) is 0 Å². The number of fused-ring (bicyclic) bond motifs is 1. The van der Waals surface area contributed by atoms with Crippen molar-refractivity contribution < 1.29 is 0 Å². The number of H-pyrrole nitrogens is 1. The highest BCUT2D eigenvalue weighted by Crippen LogP contribution is 2.25. The highest BCUT2D eigenvalue weighted by molar-refractivity contribution is 5.91. The van der Waals surface area contributed by atoms with Crippen molar-refractivity contribution in [2.24, 2.45) is 0 Å². The molecular weight excluding hydrogens is 262 g/mol. The first-order valence-electron chi connectivity index (χ1n) is 7.13. The van der Waals surface area contributed by atoms with Crippen molar-refractivity contribution in [2.45, 2.75) is 32.7 Å². The smallest absolute Gasteiger partial charge is 0.163 e. The summed E-state index contributed by atoms with van der Waals surface area (Å²) in [7, 11) is 0. The van der Waals surface area contributed by atoms with Crippen LogP contribution in [0.25, 0.3) is 22.4 Å². The van der Waals surface area contributed by atoms with Crippen LogP contribution in [-0.4, -0.2) is 25.5 Å². The first kappa shape index (κ1) is 13.5. The molecule has 3 rings (SSSR count). The van der Waals surface area contributed by atoms with E-state index in [4.69, 9.17) is 0 Å². The lowest BCUT2D eigenvalue weighted by Gasteiger charge is -2.25. The first-order valence-corrected chi connectivity index (χ1v) is 7.13. The van der Waals surface area contributed by atoms with E-state index < -0.39 is 0 Å². The maximum Gasteiger partial charge on any atom is 0.163 e. The molecule has 0 aliphatic rings. The van der Waals surface area contributed by atoms with Gasteiger partial charge >= 0.3 is 0 Å². The quantitative estimate of drug-likeness (QED) is 0.766. The van der Waals surface area contributed by atoms with Crippen LogP contribution >= 0.6 is 0 Å². The molecule has 0 amide bonds. The van der Waals surface area contributed by atoms with Crippen LogP contribution < -0.4 is 5.32 Å². The van der Waals surface area contributed by atoms with E-state index in [0.29, 0.717) is 5.82 Å². The van der Waals surface area contributed by atoms with Gasteiger partial charge in [-0.05, 0) is 38.5 Å².